The molecule has 7 heteroatoms. The van der Waals surface area contributed by atoms with Crippen LogP contribution in [0, 0.1) is 0 Å². The number of benzene rings is 2. The minimum absolute atomic E-state index is 0.246. The van der Waals surface area contributed by atoms with E-state index in [1.54, 1.807) is 48.5 Å². The van der Waals surface area contributed by atoms with E-state index in [2.05, 4.69) is 10.2 Å². The first-order valence-corrected chi connectivity index (χ1v) is 10.8. The molecule has 2 aromatic carbocycles. The van der Waals surface area contributed by atoms with Crippen LogP contribution in [-0.4, -0.2) is 28.8 Å². The number of fused-ring (bicyclic) bond motifs is 1. The van der Waals surface area contributed by atoms with Crippen LogP contribution in [0.15, 0.2) is 76.0 Å². The molecule has 0 spiro atoms. The highest BCUT2D eigenvalue weighted by atomic mass is 35.5. The van der Waals surface area contributed by atoms with E-state index in [0.29, 0.717) is 34.6 Å². The van der Waals surface area contributed by atoms with Gasteiger partial charge in [-0.2, -0.15) is 5.10 Å². The number of carbonyl (C=O) groups excluding carboxylic acids is 2. The molecule has 2 aromatic rings. The Morgan fingerprint density at radius 3 is 2.25 bits per heavy atom. The summed E-state index contributed by atoms with van der Waals surface area (Å²) in [7, 11) is 0. The van der Waals surface area contributed by atoms with Crippen molar-refractivity contribution in [3.63, 3.8) is 0 Å². The molecule has 2 aliphatic rings. The summed E-state index contributed by atoms with van der Waals surface area (Å²) in [5.74, 6) is -0.697. The summed E-state index contributed by atoms with van der Waals surface area (Å²) in [6.07, 6.45) is 4.18. The smallest absolute Gasteiger partial charge is 0.338 e. The van der Waals surface area contributed by atoms with Crippen LogP contribution in [-0.2, 0) is 4.74 Å². The second-order valence-corrected chi connectivity index (χ2v) is 9.21. The average molecular weight is 467 g/mol. The second kappa shape index (κ2) is 8.49. The lowest BCUT2D eigenvalue weighted by molar-refractivity contribution is 0.00694. The van der Waals surface area contributed by atoms with Gasteiger partial charge in [-0.05, 0) is 45.0 Å². The number of nitrogens with zero attached hydrogens (tertiary/aromatic N) is 2. The molecule has 0 fully saturated rings. The van der Waals surface area contributed by atoms with Crippen molar-refractivity contribution >= 4 is 46.4 Å². The summed E-state index contributed by atoms with van der Waals surface area (Å²) in [5.41, 5.74) is 3.17. The van der Waals surface area contributed by atoms with Gasteiger partial charge in [-0.15, -0.1) is 5.10 Å². The summed E-state index contributed by atoms with van der Waals surface area (Å²) < 4.78 is 5.41. The Morgan fingerprint density at radius 1 is 0.969 bits per heavy atom. The van der Waals surface area contributed by atoms with Crippen molar-refractivity contribution in [3.8, 4) is 0 Å². The Morgan fingerprint density at radius 2 is 1.62 bits per heavy atom. The zero-order valence-electron chi connectivity index (χ0n) is 17.8. The number of carbonyl (C=O) groups is 2. The van der Waals surface area contributed by atoms with E-state index >= 15 is 0 Å². The first-order chi connectivity index (χ1) is 15.2. The normalized spacial score (nSPS) is 15.3. The molecule has 0 saturated heterocycles. The van der Waals surface area contributed by atoms with Crippen LogP contribution in [0.3, 0.4) is 0 Å². The van der Waals surface area contributed by atoms with Gasteiger partial charge in [-0.25, -0.2) is 4.79 Å². The summed E-state index contributed by atoms with van der Waals surface area (Å²) in [6.45, 7) is 5.45. The Balaban J connectivity index is 1.71. The van der Waals surface area contributed by atoms with Crippen molar-refractivity contribution in [2.45, 2.75) is 32.8 Å². The van der Waals surface area contributed by atoms with E-state index in [-0.39, 0.29) is 21.4 Å². The Hall–Kier alpha value is -3.02. The molecule has 0 unspecified atom stereocenters. The molecular weight excluding hydrogens is 447 g/mol. The predicted molar refractivity (Wildman–Crippen MR) is 127 cm³/mol. The minimum atomic E-state index is -0.581. The molecule has 0 amide bonds. The van der Waals surface area contributed by atoms with Crippen LogP contribution in [0.1, 0.15) is 53.5 Å². The van der Waals surface area contributed by atoms with Gasteiger partial charge in [0.1, 0.15) is 11.3 Å². The monoisotopic (exact) mass is 466 g/mol. The summed E-state index contributed by atoms with van der Waals surface area (Å²) >= 11 is 12.6. The van der Waals surface area contributed by atoms with Crippen molar-refractivity contribution in [1.29, 1.82) is 0 Å². The van der Waals surface area contributed by atoms with Gasteiger partial charge < -0.3 is 4.74 Å². The van der Waals surface area contributed by atoms with Gasteiger partial charge in [0, 0.05) is 23.1 Å². The Labute approximate surface area is 196 Å². The molecule has 1 aliphatic carbocycles. The molecule has 0 atom stereocenters. The second-order valence-electron chi connectivity index (χ2n) is 8.40. The fraction of sp³-hybridized carbons (Fsp3) is 0.200. The molecule has 0 saturated carbocycles. The van der Waals surface area contributed by atoms with Crippen LogP contribution >= 0.6 is 23.2 Å². The molecule has 0 aromatic heterocycles. The fourth-order valence-electron chi connectivity index (χ4n) is 3.49. The van der Waals surface area contributed by atoms with E-state index in [9.17, 15) is 9.59 Å². The highest BCUT2D eigenvalue weighted by Crippen LogP contribution is 2.33. The summed E-state index contributed by atoms with van der Waals surface area (Å²) in [5, 5.41) is 9.17. The lowest BCUT2D eigenvalue weighted by atomic mass is 9.86. The highest BCUT2D eigenvalue weighted by molar-refractivity contribution is 6.43. The number of ketones is 1. The van der Waals surface area contributed by atoms with E-state index in [0.717, 1.165) is 5.56 Å². The molecule has 1 heterocycles. The van der Waals surface area contributed by atoms with Crippen LogP contribution in [0.25, 0.3) is 0 Å². The Kier molecular flexibility index (Phi) is 5.89. The van der Waals surface area contributed by atoms with E-state index < -0.39 is 11.6 Å². The largest absolute Gasteiger partial charge is 0.456 e. The summed E-state index contributed by atoms with van der Waals surface area (Å²) in [4.78, 5) is 25.7. The molecule has 0 N–H and O–H groups in total. The molecule has 4 rings (SSSR count). The molecule has 0 bridgehead atoms. The maximum atomic E-state index is 13.4. The third kappa shape index (κ3) is 4.31. The molecule has 0 radical (unpaired) electrons. The third-order valence-electron chi connectivity index (χ3n) is 4.89. The number of hydrogen-bond donors (Lipinski definition) is 0. The number of halogens is 2. The quantitative estimate of drug-likeness (QED) is 0.395. The van der Waals surface area contributed by atoms with Crippen molar-refractivity contribution in [2.24, 2.45) is 10.2 Å². The maximum Gasteiger partial charge on any atom is 0.338 e. The molecule has 1 aliphatic heterocycles. The Bertz CT molecular complexity index is 1230. The van der Waals surface area contributed by atoms with Crippen LogP contribution in [0.5, 0.6) is 0 Å². The number of ether oxygens (including phenoxy) is 1. The zero-order chi connectivity index (χ0) is 23.0. The maximum absolute atomic E-state index is 13.4. The third-order valence-corrected chi connectivity index (χ3v) is 5.52. The first-order valence-electron chi connectivity index (χ1n) is 10.0. The van der Waals surface area contributed by atoms with Gasteiger partial charge in [0.15, 0.2) is 5.78 Å². The van der Waals surface area contributed by atoms with Gasteiger partial charge in [0.25, 0.3) is 0 Å². The molecule has 5 nitrogen and oxygen atoms in total. The number of rotatable bonds is 4. The lowest BCUT2D eigenvalue weighted by Gasteiger charge is -2.19. The molecule has 32 heavy (non-hydrogen) atoms. The predicted octanol–water partition coefficient (Wildman–Crippen LogP) is 6.25. The van der Waals surface area contributed by atoms with Gasteiger partial charge in [0.2, 0.25) is 0 Å². The van der Waals surface area contributed by atoms with Crippen molar-refractivity contribution in [2.75, 3.05) is 0 Å². The van der Waals surface area contributed by atoms with Gasteiger partial charge in [0.05, 0.1) is 26.9 Å². The van der Waals surface area contributed by atoms with E-state index in [1.165, 1.54) is 0 Å². The average Bonchev–Trinajstić information content (AvgIpc) is 3.16. The standard InChI is InChI=1S/C25H20Cl2N2O3/c1-25(2,3)32-24(31)15-12-10-14(11-13-15)22-20-16(6-4-9-19(20)28-29-22)23(30)21-17(26)7-5-8-18(21)27/h4-8,10-13H,9H2,1-3H3. The topological polar surface area (TPSA) is 68.1 Å². The van der Waals surface area contributed by atoms with Gasteiger partial charge in [-0.1, -0.05) is 53.6 Å². The van der Waals surface area contributed by atoms with Crippen LogP contribution < -0.4 is 0 Å². The van der Waals surface area contributed by atoms with E-state index in [4.69, 9.17) is 27.9 Å². The zero-order valence-corrected chi connectivity index (χ0v) is 19.3. The lowest BCUT2D eigenvalue weighted by Crippen LogP contribution is -2.24. The van der Waals surface area contributed by atoms with Crippen LogP contribution in [0.4, 0.5) is 0 Å². The molecular formula is C25H20Cl2N2O3. The van der Waals surface area contributed by atoms with Crippen molar-refractivity contribution < 1.29 is 14.3 Å². The first kappa shape index (κ1) is 22.2. The van der Waals surface area contributed by atoms with Crippen molar-refractivity contribution in [1.82, 2.24) is 0 Å². The molecule has 162 valence electrons. The minimum Gasteiger partial charge on any atom is -0.456 e. The van der Waals surface area contributed by atoms with Crippen LogP contribution in [0.2, 0.25) is 10.0 Å². The number of esters is 1. The van der Waals surface area contributed by atoms with E-state index in [1.807, 2.05) is 26.8 Å². The number of Topliss-reactive ketones (excluding diaryl/α,β-unsaturated/α-hetero) is 1. The van der Waals surface area contributed by atoms with Gasteiger partial charge >= 0.3 is 5.97 Å². The highest BCUT2D eigenvalue weighted by Gasteiger charge is 2.31. The number of hydrogen-bond acceptors (Lipinski definition) is 5. The fourth-order valence-corrected chi connectivity index (χ4v) is 4.06. The van der Waals surface area contributed by atoms with Crippen molar-refractivity contribution in [3.05, 3.63) is 92.5 Å². The SMILES string of the molecule is CC(C)(C)OC(=O)c1ccc(C2=NN=C3CC=CC(C(=O)c4c(Cl)cccc4Cl)=C32)cc1. The summed E-state index contributed by atoms with van der Waals surface area (Å²) in [6, 6.07) is 11.8. The van der Waals surface area contributed by atoms with Gasteiger partial charge in [-0.3, -0.25) is 4.79 Å². The number of allylic oxidation sites excluding steroid dienone is 4.